The highest BCUT2D eigenvalue weighted by atomic mass is 32.2. The summed E-state index contributed by atoms with van der Waals surface area (Å²) in [5.41, 5.74) is 0. The minimum Gasteiger partial charge on any atom is -0.298 e. The number of Topliss-reactive ketones (excluding diaryl/α,β-unsaturated/α-hetero) is 1. The molecule has 1 unspecified atom stereocenters. The predicted molar refractivity (Wildman–Crippen MR) is 66.8 cm³/mol. The number of nitrogens with zero attached hydrogens (tertiary/aromatic N) is 2. The summed E-state index contributed by atoms with van der Waals surface area (Å²) in [5, 5.41) is 0. The van der Waals surface area contributed by atoms with Gasteiger partial charge in [-0.05, 0) is 33.6 Å². The lowest BCUT2D eigenvalue weighted by atomic mass is 10.0. The molecule has 0 aromatic carbocycles. The molecule has 100 valence electrons. The molecule has 0 aromatic heterocycles. The number of carbonyl (C=O) groups excluding carboxylic acids is 1. The van der Waals surface area contributed by atoms with Gasteiger partial charge in [0, 0.05) is 19.6 Å². The second-order valence-corrected chi connectivity index (χ2v) is 6.79. The van der Waals surface area contributed by atoms with E-state index in [2.05, 4.69) is 0 Å². The normalized spacial score (nSPS) is 23.3. The SMILES string of the molecule is CC(=O)C1CCCCN1S(=O)(=O)N(C)C(C)C. The van der Waals surface area contributed by atoms with Crippen molar-refractivity contribution in [3.63, 3.8) is 0 Å². The number of ketones is 1. The van der Waals surface area contributed by atoms with Crippen LogP contribution in [0.3, 0.4) is 0 Å². The Morgan fingerprint density at radius 2 is 1.94 bits per heavy atom. The van der Waals surface area contributed by atoms with Gasteiger partial charge in [-0.2, -0.15) is 17.0 Å². The van der Waals surface area contributed by atoms with E-state index in [-0.39, 0.29) is 11.8 Å². The summed E-state index contributed by atoms with van der Waals surface area (Å²) in [5.74, 6) is -0.0644. The zero-order chi connectivity index (χ0) is 13.2. The van der Waals surface area contributed by atoms with E-state index < -0.39 is 16.3 Å². The van der Waals surface area contributed by atoms with Gasteiger partial charge in [-0.15, -0.1) is 0 Å². The molecular weight excluding hydrogens is 240 g/mol. The fourth-order valence-corrected chi connectivity index (χ4v) is 3.82. The topological polar surface area (TPSA) is 57.7 Å². The Hall–Kier alpha value is -0.460. The van der Waals surface area contributed by atoms with Crippen molar-refractivity contribution in [1.29, 1.82) is 0 Å². The molecule has 0 amide bonds. The Morgan fingerprint density at radius 3 is 2.41 bits per heavy atom. The summed E-state index contributed by atoms with van der Waals surface area (Å²) < 4.78 is 27.4. The Labute approximate surface area is 104 Å². The lowest BCUT2D eigenvalue weighted by Crippen LogP contribution is -2.53. The van der Waals surface area contributed by atoms with Gasteiger partial charge in [0.25, 0.3) is 10.2 Å². The summed E-state index contributed by atoms with van der Waals surface area (Å²) in [6.07, 6.45) is 2.39. The first-order chi connectivity index (χ1) is 7.78. The van der Waals surface area contributed by atoms with Crippen LogP contribution in [0.4, 0.5) is 0 Å². The predicted octanol–water partition coefficient (Wildman–Crippen LogP) is 1.01. The van der Waals surface area contributed by atoms with Crippen molar-refractivity contribution in [1.82, 2.24) is 8.61 Å². The fourth-order valence-electron chi connectivity index (χ4n) is 2.02. The molecule has 0 spiro atoms. The molecule has 1 fully saturated rings. The Bertz CT molecular complexity index is 378. The number of piperidine rings is 1. The van der Waals surface area contributed by atoms with Crippen molar-refractivity contribution >= 4 is 16.0 Å². The van der Waals surface area contributed by atoms with Crippen LogP contribution < -0.4 is 0 Å². The molecule has 0 aliphatic carbocycles. The van der Waals surface area contributed by atoms with Crippen LogP contribution in [0.5, 0.6) is 0 Å². The minimum atomic E-state index is -3.51. The van der Waals surface area contributed by atoms with Crippen LogP contribution in [0, 0.1) is 0 Å². The van der Waals surface area contributed by atoms with Gasteiger partial charge in [-0.3, -0.25) is 4.79 Å². The number of hydrogen-bond donors (Lipinski definition) is 0. The zero-order valence-corrected chi connectivity index (χ0v) is 11.8. The molecule has 0 N–H and O–H groups in total. The van der Waals surface area contributed by atoms with Crippen LogP contribution in [0.1, 0.15) is 40.0 Å². The largest absolute Gasteiger partial charge is 0.298 e. The van der Waals surface area contributed by atoms with Crippen molar-refractivity contribution in [2.24, 2.45) is 0 Å². The minimum absolute atomic E-state index is 0.0644. The summed E-state index contributed by atoms with van der Waals surface area (Å²) in [4.78, 5) is 11.5. The molecule has 1 aliphatic rings. The number of rotatable bonds is 4. The molecule has 0 saturated carbocycles. The zero-order valence-electron chi connectivity index (χ0n) is 11.0. The molecule has 5 nitrogen and oxygen atoms in total. The molecule has 0 radical (unpaired) electrons. The fraction of sp³-hybridized carbons (Fsp3) is 0.909. The van der Waals surface area contributed by atoms with E-state index in [1.54, 1.807) is 7.05 Å². The van der Waals surface area contributed by atoms with Crippen molar-refractivity contribution in [3.05, 3.63) is 0 Å². The molecular formula is C11H22N2O3S. The van der Waals surface area contributed by atoms with Crippen molar-refractivity contribution in [3.8, 4) is 0 Å². The van der Waals surface area contributed by atoms with Gasteiger partial charge in [0.05, 0.1) is 6.04 Å². The molecule has 1 atom stereocenters. The smallest absolute Gasteiger partial charge is 0.282 e. The third kappa shape index (κ3) is 3.05. The van der Waals surface area contributed by atoms with Gasteiger partial charge in [-0.25, -0.2) is 0 Å². The average molecular weight is 262 g/mol. The molecule has 17 heavy (non-hydrogen) atoms. The third-order valence-corrected chi connectivity index (χ3v) is 5.49. The lowest BCUT2D eigenvalue weighted by Gasteiger charge is -2.36. The first kappa shape index (κ1) is 14.6. The second kappa shape index (κ2) is 5.46. The first-order valence-corrected chi connectivity index (χ1v) is 7.43. The van der Waals surface area contributed by atoms with Gasteiger partial charge in [0.2, 0.25) is 0 Å². The quantitative estimate of drug-likeness (QED) is 0.760. The standard InChI is InChI=1S/C11H22N2O3S/c1-9(2)12(4)17(15,16)13-8-6-5-7-11(13)10(3)14/h9,11H,5-8H2,1-4H3. The Balaban J connectivity index is 2.99. The molecule has 1 saturated heterocycles. The maximum Gasteiger partial charge on any atom is 0.282 e. The molecule has 6 heteroatoms. The molecule has 0 bridgehead atoms. The third-order valence-electron chi connectivity index (χ3n) is 3.31. The molecule has 1 heterocycles. The molecule has 1 aliphatic heterocycles. The van der Waals surface area contributed by atoms with E-state index >= 15 is 0 Å². The van der Waals surface area contributed by atoms with E-state index in [9.17, 15) is 13.2 Å². The summed E-state index contributed by atoms with van der Waals surface area (Å²) in [6.45, 7) is 5.56. The first-order valence-electron chi connectivity index (χ1n) is 6.03. The van der Waals surface area contributed by atoms with Crippen LogP contribution in [0.25, 0.3) is 0 Å². The monoisotopic (exact) mass is 262 g/mol. The maximum atomic E-state index is 12.3. The molecule has 1 rings (SSSR count). The van der Waals surface area contributed by atoms with Gasteiger partial charge >= 0.3 is 0 Å². The van der Waals surface area contributed by atoms with Gasteiger partial charge in [0.1, 0.15) is 5.78 Å². The summed E-state index contributed by atoms with van der Waals surface area (Å²) >= 11 is 0. The van der Waals surface area contributed by atoms with Crippen molar-refractivity contribution in [2.75, 3.05) is 13.6 Å². The summed E-state index contributed by atoms with van der Waals surface area (Å²) in [7, 11) is -1.95. The van der Waals surface area contributed by atoms with Crippen molar-refractivity contribution < 1.29 is 13.2 Å². The van der Waals surface area contributed by atoms with E-state index in [1.807, 2.05) is 13.8 Å². The van der Waals surface area contributed by atoms with Crippen LogP contribution in [0.2, 0.25) is 0 Å². The van der Waals surface area contributed by atoms with E-state index in [1.165, 1.54) is 15.5 Å². The van der Waals surface area contributed by atoms with Crippen LogP contribution in [-0.2, 0) is 15.0 Å². The number of carbonyl (C=O) groups is 1. The van der Waals surface area contributed by atoms with E-state index in [0.29, 0.717) is 13.0 Å². The highest BCUT2D eigenvalue weighted by Gasteiger charge is 2.37. The van der Waals surface area contributed by atoms with Crippen LogP contribution >= 0.6 is 0 Å². The number of hydrogen-bond acceptors (Lipinski definition) is 3. The maximum absolute atomic E-state index is 12.3. The van der Waals surface area contributed by atoms with E-state index in [4.69, 9.17) is 0 Å². The summed E-state index contributed by atoms with van der Waals surface area (Å²) in [6, 6.07) is -0.579. The van der Waals surface area contributed by atoms with Crippen LogP contribution in [-0.4, -0.2) is 48.5 Å². The highest BCUT2D eigenvalue weighted by Crippen LogP contribution is 2.23. The van der Waals surface area contributed by atoms with Gasteiger partial charge < -0.3 is 0 Å². The lowest BCUT2D eigenvalue weighted by molar-refractivity contribution is -0.121. The van der Waals surface area contributed by atoms with Gasteiger partial charge in [-0.1, -0.05) is 6.42 Å². The van der Waals surface area contributed by atoms with Crippen molar-refractivity contribution in [2.45, 2.75) is 52.1 Å². The highest BCUT2D eigenvalue weighted by molar-refractivity contribution is 7.86. The Kier molecular flexibility index (Phi) is 4.69. The Morgan fingerprint density at radius 1 is 1.35 bits per heavy atom. The van der Waals surface area contributed by atoms with Crippen LogP contribution in [0.15, 0.2) is 0 Å². The molecule has 0 aromatic rings. The second-order valence-electron chi connectivity index (χ2n) is 4.85. The van der Waals surface area contributed by atoms with Gasteiger partial charge in [0.15, 0.2) is 0 Å². The van der Waals surface area contributed by atoms with E-state index in [0.717, 1.165) is 12.8 Å². The average Bonchev–Trinajstić information content (AvgIpc) is 2.27.